The van der Waals surface area contributed by atoms with Crippen LogP contribution in [0.3, 0.4) is 0 Å². The number of methoxy groups -OCH3 is 1. The molecule has 0 spiro atoms. The highest BCUT2D eigenvalue weighted by atomic mass is 35.5. The van der Waals surface area contributed by atoms with Crippen molar-refractivity contribution in [1.82, 2.24) is 0 Å². The van der Waals surface area contributed by atoms with Gasteiger partial charge < -0.3 is 4.74 Å². The van der Waals surface area contributed by atoms with Gasteiger partial charge in [0.05, 0.1) is 7.11 Å². The first-order valence-electron chi connectivity index (χ1n) is 8.12. The van der Waals surface area contributed by atoms with Crippen LogP contribution in [0.25, 0.3) is 5.76 Å². The number of rotatable bonds is 2. The summed E-state index contributed by atoms with van der Waals surface area (Å²) in [5.74, 6) is 3.26. The molecule has 0 aromatic heterocycles. The molecule has 5 rings (SSSR count). The Morgan fingerprint density at radius 1 is 1.19 bits per heavy atom. The lowest BCUT2D eigenvalue weighted by atomic mass is 9.53. The number of aryl methyl sites for hydroxylation is 1. The lowest BCUT2D eigenvalue weighted by molar-refractivity contribution is 0.0843. The van der Waals surface area contributed by atoms with Crippen LogP contribution in [0.2, 0.25) is 0 Å². The fraction of sp³-hybridized carbons (Fsp3) is 0.579. The highest BCUT2D eigenvalue weighted by Gasteiger charge is 2.53. The summed E-state index contributed by atoms with van der Waals surface area (Å²) in [4.78, 5) is 0.0887. The van der Waals surface area contributed by atoms with Gasteiger partial charge in [-0.05, 0) is 68.4 Å². The van der Waals surface area contributed by atoms with E-state index in [1.54, 1.807) is 5.57 Å². The van der Waals surface area contributed by atoms with E-state index >= 15 is 0 Å². The Hall–Kier alpha value is -0.950. The summed E-state index contributed by atoms with van der Waals surface area (Å²) in [5.41, 5.74) is 4.10. The molecule has 21 heavy (non-hydrogen) atoms. The molecule has 1 nitrogen and oxygen atoms in total. The topological polar surface area (TPSA) is 9.23 Å². The summed E-state index contributed by atoms with van der Waals surface area (Å²) in [7, 11) is 1.83. The molecule has 2 heteroatoms. The van der Waals surface area contributed by atoms with Crippen LogP contribution in [0.1, 0.15) is 43.2 Å². The van der Waals surface area contributed by atoms with Crippen molar-refractivity contribution in [3.8, 4) is 0 Å². The molecule has 2 atom stereocenters. The molecular formula is C19H23ClO. The van der Waals surface area contributed by atoms with Crippen molar-refractivity contribution in [2.24, 2.45) is 17.8 Å². The van der Waals surface area contributed by atoms with E-state index in [-0.39, 0.29) is 4.87 Å². The van der Waals surface area contributed by atoms with Crippen LogP contribution in [-0.2, 0) is 4.74 Å². The van der Waals surface area contributed by atoms with Crippen molar-refractivity contribution < 1.29 is 4.74 Å². The number of alkyl halides is 1. The van der Waals surface area contributed by atoms with E-state index in [9.17, 15) is 0 Å². The van der Waals surface area contributed by atoms with Crippen LogP contribution in [-0.4, -0.2) is 12.0 Å². The van der Waals surface area contributed by atoms with Gasteiger partial charge in [-0.1, -0.05) is 23.8 Å². The minimum Gasteiger partial charge on any atom is -0.496 e. The number of benzene rings is 1. The molecule has 0 amide bonds. The summed E-state index contributed by atoms with van der Waals surface area (Å²) in [5, 5.41) is 0. The first-order chi connectivity index (χ1) is 10.1. The SMILES string of the molecule is COC(=C1C2CC3CC1CC(Cl)(C3)C2)c1cccc(C)c1. The molecule has 2 unspecified atom stereocenters. The average molecular weight is 303 g/mol. The summed E-state index contributed by atoms with van der Waals surface area (Å²) in [6.45, 7) is 2.14. The summed E-state index contributed by atoms with van der Waals surface area (Å²) in [6.07, 6.45) is 6.17. The van der Waals surface area contributed by atoms with Crippen LogP contribution in [0, 0.1) is 24.7 Å². The maximum absolute atomic E-state index is 6.85. The monoisotopic (exact) mass is 302 g/mol. The third kappa shape index (κ3) is 2.21. The smallest absolute Gasteiger partial charge is 0.125 e. The average Bonchev–Trinajstić information content (AvgIpc) is 2.41. The zero-order valence-electron chi connectivity index (χ0n) is 12.9. The van der Waals surface area contributed by atoms with Crippen molar-refractivity contribution in [2.45, 2.75) is 43.9 Å². The lowest BCUT2D eigenvalue weighted by Gasteiger charge is -2.55. The first-order valence-corrected chi connectivity index (χ1v) is 8.50. The van der Waals surface area contributed by atoms with E-state index < -0.39 is 0 Å². The Morgan fingerprint density at radius 3 is 2.48 bits per heavy atom. The highest BCUT2D eigenvalue weighted by molar-refractivity contribution is 6.24. The maximum Gasteiger partial charge on any atom is 0.125 e. The van der Waals surface area contributed by atoms with Crippen molar-refractivity contribution in [3.63, 3.8) is 0 Å². The lowest BCUT2D eigenvalue weighted by Crippen LogP contribution is -2.48. The fourth-order valence-electron chi connectivity index (χ4n) is 5.25. The molecule has 0 N–H and O–H groups in total. The third-order valence-electron chi connectivity index (χ3n) is 5.74. The molecule has 4 saturated carbocycles. The predicted octanol–water partition coefficient (Wildman–Crippen LogP) is 5.17. The van der Waals surface area contributed by atoms with E-state index in [1.807, 2.05) is 7.11 Å². The van der Waals surface area contributed by atoms with E-state index in [0.717, 1.165) is 24.5 Å². The second kappa shape index (κ2) is 4.78. The van der Waals surface area contributed by atoms with Gasteiger partial charge in [-0.25, -0.2) is 0 Å². The van der Waals surface area contributed by atoms with Crippen molar-refractivity contribution in [1.29, 1.82) is 0 Å². The summed E-state index contributed by atoms with van der Waals surface area (Å²) >= 11 is 6.85. The summed E-state index contributed by atoms with van der Waals surface area (Å²) < 4.78 is 5.89. The second-order valence-electron chi connectivity index (χ2n) is 7.35. The number of halogens is 1. The summed E-state index contributed by atoms with van der Waals surface area (Å²) in [6, 6.07) is 8.70. The first kappa shape index (κ1) is 13.7. The molecular weight excluding hydrogens is 280 g/mol. The Labute approximate surface area is 132 Å². The minimum absolute atomic E-state index is 0.0887. The van der Waals surface area contributed by atoms with E-state index in [0.29, 0.717) is 11.8 Å². The molecule has 4 aliphatic carbocycles. The zero-order valence-corrected chi connectivity index (χ0v) is 13.6. The van der Waals surface area contributed by atoms with Gasteiger partial charge in [0.2, 0.25) is 0 Å². The van der Waals surface area contributed by atoms with E-state index in [1.165, 1.54) is 30.4 Å². The Morgan fingerprint density at radius 2 is 1.90 bits per heavy atom. The van der Waals surface area contributed by atoms with Crippen molar-refractivity contribution in [3.05, 3.63) is 41.0 Å². The van der Waals surface area contributed by atoms with Gasteiger partial charge >= 0.3 is 0 Å². The zero-order chi connectivity index (χ0) is 14.6. The van der Waals surface area contributed by atoms with Crippen molar-refractivity contribution in [2.75, 3.05) is 7.11 Å². The van der Waals surface area contributed by atoms with Crippen LogP contribution in [0.4, 0.5) is 0 Å². The van der Waals surface area contributed by atoms with E-state index in [4.69, 9.17) is 16.3 Å². The Balaban J connectivity index is 1.80. The van der Waals surface area contributed by atoms with Crippen LogP contribution in [0.5, 0.6) is 0 Å². The van der Waals surface area contributed by atoms with Gasteiger partial charge in [0.25, 0.3) is 0 Å². The molecule has 0 saturated heterocycles. The minimum atomic E-state index is 0.0887. The number of ether oxygens (including phenoxy) is 1. The van der Waals surface area contributed by atoms with E-state index in [2.05, 4.69) is 31.2 Å². The second-order valence-corrected chi connectivity index (χ2v) is 8.15. The third-order valence-corrected chi connectivity index (χ3v) is 6.20. The molecule has 4 aliphatic rings. The maximum atomic E-state index is 6.85. The predicted molar refractivity (Wildman–Crippen MR) is 87.2 cm³/mol. The van der Waals surface area contributed by atoms with Gasteiger partial charge in [-0.2, -0.15) is 0 Å². The van der Waals surface area contributed by atoms with Crippen LogP contribution in [0.15, 0.2) is 29.8 Å². The fourth-order valence-corrected chi connectivity index (χ4v) is 5.84. The molecule has 1 aromatic rings. The van der Waals surface area contributed by atoms with Crippen LogP contribution < -0.4 is 0 Å². The standard InChI is InChI=1S/C19H23ClO/c1-12-4-3-5-14(6-12)18(21-2)17-15-7-13-8-16(17)11-19(20,9-13)10-15/h3-6,13,15-16H,7-11H2,1-2H3. The Kier molecular flexibility index (Phi) is 3.11. The molecule has 0 aliphatic heterocycles. The number of hydrogen-bond donors (Lipinski definition) is 0. The highest BCUT2D eigenvalue weighted by Crippen LogP contribution is 2.61. The van der Waals surface area contributed by atoms with Crippen LogP contribution >= 0.6 is 11.6 Å². The van der Waals surface area contributed by atoms with Gasteiger partial charge in [0.15, 0.2) is 0 Å². The molecule has 0 radical (unpaired) electrons. The quantitative estimate of drug-likeness (QED) is 0.541. The van der Waals surface area contributed by atoms with Gasteiger partial charge in [-0.3, -0.25) is 0 Å². The molecule has 112 valence electrons. The van der Waals surface area contributed by atoms with Gasteiger partial charge in [0.1, 0.15) is 5.76 Å². The molecule has 4 bridgehead atoms. The molecule has 1 aromatic carbocycles. The largest absolute Gasteiger partial charge is 0.496 e. The van der Waals surface area contributed by atoms with Gasteiger partial charge in [0, 0.05) is 10.4 Å². The van der Waals surface area contributed by atoms with Crippen molar-refractivity contribution >= 4 is 17.4 Å². The normalized spacial score (nSPS) is 36.9. The number of allylic oxidation sites excluding steroid dienone is 1. The Bertz CT molecular complexity index is 585. The molecule has 4 fully saturated rings. The molecule has 0 heterocycles. The van der Waals surface area contributed by atoms with Gasteiger partial charge in [-0.15, -0.1) is 11.6 Å². The number of hydrogen-bond acceptors (Lipinski definition) is 1.